The standard InChI is InChI=1S/C37H56N8O13/c1-24(2)34(44-31(49)22-57-19-18-56-17-16-55-3)36(53)43-27(6-4-12-41-37(38)54)35(52)42-26-8-7-25(21-46)28(20-26)58-23-30(48)40-14-5-13-39-29(47)11-15-45-32(50)9-10-33(45)51/h7-10,20,24,27,34,46H,4-6,11-19,21-23H2,1-3H3,(H,39,47)(H,40,48)(H,42,52)(H,43,53)(H,44,49)(H3,38,41,54)/t27-,34?/m0/s1. The lowest BCUT2D eigenvalue weighted by molar-refractivity contribution is -0.137. The number of hydrogen-bond acceptors (Lipinski definition) is 13. The van der Waals surface area contributed by atoms with Crippen LogP contribution < -0.4 is 42.4 Å². The van der Waals surface area contributed by atoms with Crippen LogP contribution >= 0.6 is 0 Å². The van der Waals surface area contributed by atoms with Crippen LogP contribution in [0.2, 0.25) is 0 Å². The van der Waals surface area contributed by atoms with E-state index >= 15 is 0 Å². The van der Waals surface area contributed by atoms with Crippen molar-refractivity contribution in [2.75, 3.05) is 78.2 Å². The Morgan fingerprint density at radius 2 is 1.45 bits per heavy atom. The lowest BCUT2D eigenvalue weighted by Crippen LogP contribution is -2.55. The first-order valence-electron chi connectivity index (χ1n) is 18.8. The first-order valence-corrected chi connectivity index (χ1v) is 18.8. The lowest BCUT2D eigenvalue weighted by Gasteiger charge is -2.25. The molecule has 0 radical (unpaired) electrons. The number of urea groups is 1. The van der Waals surface area contributed by atoms with Crippen molar-refractivity contribution in [2.24, 2.45) is 11.7 Å². The summed E-state index contributed by atoms with van der Waals surface area (Å²) in [5, 5.41) is 25.6. The van der Waals surface area contributed by atoms with Gasteiger partial charge in [0.25, 0.3) is 17.7 Å². The number of hydrogen-bond donors (Lipinski definition) is 8. The molecule has 1 aromatic carbocycles. The minimum Gasteiger partial charge on any atom is -0.483 e. The van der Waals surface area contributed by atoms with Gasteiger partial charge in [-0.05, 0) is 31.2 Å². The number of anilines is 1. The molecule has 58 heavy (non-hydrogen) atoms. The number of nitrogens with two attached hydrogens (primary N) is 1. The highest BCUT2D eigenvalue weighted by molar-refractivity contribution is 6.13. The predicted octanol–water partition coefficient (Wildman–Crippen LogP) is -1.81. The number of aliphatic hydroxyl groups is 1. The molecule has 0 fully saturated rings. The number of nitrogens with zero attached hydrogens (tertiary/aromatic N) is 1. The fraction of sp³-hybridized carbons (Fsp3) is 0.568. The first-order chi connectivity index (χ1) is 27.7. The third-order valence-electron chi connectivity index (χ3n) is 8.23. The van der Waals surface area contributed by atoms with E-state index in [-0.39, 0.29) is 88.5 Å². The van der Waals surface area contributed by atoms with E-state index in [4.69, 9.17) is 24.7 Å². The average molecular weight is 821 g/mol. The zero-order valence-electron chi connectivity index (χ0n) is 33.1. The Balaban J connectivity index is 1.93. The van der Waals surface area contributed by atoms with Crippen LogP contribution in [0.25, 0.3) is 0 Å². The van der Waals surface area contributed by atoms with Crippen LogP contribution in [0.4, 0.5) is 10.5 Å². The van der Waals surface area contributed by atoms with Crippen molar-refractivity contribution in [3.63, 3.8) is 0 Å². The van der Waals surface area contributed by atoms with Crippen molar-refractivity contribution in [1.82, 2.24) is 31.5 Å². The van der Waals surface area contributed by atoms with Crippen LogP contribution in [-0.4, -0.2) is 142 Å². The zero-order valence-corrected chi connectivity index (χ0v) is 33.1. The van der Waals surface area contributed by atoms with Crippen LogP contribution in [0, 0.1) is 5.92 Å². The molecule has 0 aliphatic carbocycles. The molecule has 0 aromatic heterocycles. The summed E-state index contributed by atoms with van der Waals surface area (Å²) in [6, 6.07) is 1.47. The minimum absolute atomic E-state index is 0.0386. The Morgan fingerprint density at radius 3 is 2.10 bits per heavy atom. The number of benzene rings is 1. The number of nitrogens with one attached hydrogen (secondary N) is 6. The number of imide groups is 1. The fourth-order valence-corrected chi connectivity index (χ4v) is 5.14. The quantitative estimate of drug-likeness (QED) is 0.0327. The van der Waals surface area contributed by atoms with Gasteiger partial charge in [0.05, 0.1) is 33.0 Å². The first kappa shape index (κ1) is 48.5. The Hall–Kier alpha value is -5.64. The molecule has 1 unspecified atom stereocenters. The molecule has 1 heterocycles. The van der Waals surface area contributed by atoms with Gasteiger partial charge in [0.15, 0.2) is 6.61 Å². The van der Waals surface area contributed by atoms with Crippen LogP contribution in [0.1, 0.15) is 45.1 Å². The van der Waals surface area contributed by atoms with Crippen molar-refractivity contribution >= 4 is 53.1 Å². The topological polar surface area (TPSA) is 295 Å². The second-order valence-electron chi connectivity index (χ2n) is 13.2. The molecule has 21 heteroatoms. The van der Waals surface area contributed by atoms with Crippen LogP contribution in [-0.2, 0) is 54.4 Å². The van der Waals surface area contributed by atoms with Gasteiger partial charge >= 0.3 is 6.03 Å². The number of carbonyl (C=O) groups excluding carboxylic acids is 8. The van der Waals surface area contributed by atoms with Crippen molar-refractivity contribution in [3.05, 3.63) is 35.9 Å². The van der Waals surface area contributed by atoms with E-state index in [0.717, 1.165) is 17.1 Å². The molecule has 0 saturated heterocycles. The van der Waals surface area contributed by atoms with Gasteiger partial charge in [0.1, 0.15) is 24.4 Å². The molecule has 21 nitrogen and oxygen atoms in total. The summed E-state index contributed by atoms with van der Waals surface area (Å²) in [4.78, 5) is 99.4. The Kier molecular flexibility index (Phi) is 22.6. The Morgan fingerprint density at radius 1 is 0.793 bits per heavy atom. The Bertz CT molecular complexity index is 1570. The molecule has 9 N–H and O–H groups in total. The summed E-state index contributed by atoms with van der Waals surface area (Å²) >= 11 is 0. The summed E-state index contributed by atoms with van der Waals surface area (Å²) < 4.78 is 21.1. The molecule has 1 aliphatic rings. The third kappa shape index (κ3) is 19.0. The van der Waals surface area contributed by atoms with E-state index in [9.17, 15) is 43.5 Å². The SMILES string of the molecule is COCCOCCOCC(=O)NC(C(=O)N[C@@H](CCCNC(N)=O)C(=O)Nc1ccc(CO)c(OCC(=O)NCCCNC(=O)CCN2C(=O)C=CC2=O)c1)C(C)C. The highest BCUT2D eigenvalue weighted by atomic mass is 16.5. The molecular formula is C37H56N8O13. The monoisotopic (exact) mass is 820 g/mol. The smallest absolute Gasteiger partial charge is 0.312 e. The van der Waals surface area contributed by atoms with Crippen LogP contribution in [0.3, 0.4) is 0 Å². The highest BCUT2D eigenvalue weighted by Gasteiger charge is 2.29. The highest BCUT2D eigenvalue weighted by Crippen LogP contribution is 2.24. The lowest BCUT2D eigenvalue weighted by atomic mass is 10.0. The summed E-state index contributed by atoms with van der Waals surface area (Å²) in [6.45, 7) is 3.94. The number of carbonyl (C=O) groups is 8. The second-order valence-corrected chi connectivity index (χ2v) is 13.2. The van der Waals surface area contributed by atoms with Crippen LogP contribution in [0.15, 0.2) is 30.4 Å². The maximum atomic E-state index is 13.6. The molecule has 2 rings (SSSR count). The molecule has 2 atom stereocenters. The largest absolute Gasteiger partial charge is 0.483 e. The number of primary amides is 1. The fourth-order valence-electron chi connectivity index (χ4n) is 5.14. The van der Waals surface area contributed by atoms with E-state index in [1.54, 1.807) is 21.0 Å². The van der Waals surface area contributed by atoms with Gasteiger partial charge in [0.2, 0.25) is 23.6 Å². The molecule has 1 aromatic rings. The average Bonchev–Trinajstić information content (AvgIpc) is 3.51. The summed E-state index contributed by atoms with van der Waals surface area (Å²) in [5.74, 6) is -3.89. The van der Waals surface area contributed by atoms with Gasteiger partial charge in [-0.1, -0.05) is 19.9 Å². The minimum atomic E-state index is -1.13. The maximum Gasteiger partial charge on any atom is 0.312 e. The van der Waals surface area contributed by atoms with Gasteiger partial charge in [-0.3, -0.25) is 38.5 Å². The summed E-state index contributed by atoms with van der Waals surface area (Å²) in [7, 11) is 1.55. The maximum absolute atomic E-state index is 13.6. The number of rotatable bonds is 29. The molecule has 9 amide bonds. The third-order valence-corrected chi connectivity index (χ3v) is 8.23. The second kappa shape index (κ2) is 27.1. The van der Waals surface area contributed by atoms with Crippen molar-refractivity contribution in [3.8, 4) is 5.75 Å². The van der Waals surface area contributed by atoms with Crippen LogP contribution in [0.5, 0.6) is 5.75 Å². The normalized spacial score (nSPS) is 13.2. The molecule has 0 bridgehead atoms. The van der Waals surface area contributed by atoms with Gasteiger partial charge < -0.3 is 61.7 Å². The summed E-state index contributed by atoms with van der Waals surface area (Å²) in [5.41, 5.74) is 5.69. The summed E-state index contributed by atoms with van der Waals surface area (Å²) in [6.07, 6.45) is 2.93. The number of methoxy groups -OCH3 is 1. The van der Waals surface area contributed by atoms with E-state index in [1.165, 1.54) is 18.2 Å². The van der Waals surface area contributed by atoms with E-state index < -0.39 is 66.8 Å². The zero-order chi connectivity index (χ0) is 42.9. The molecule has 322 valence electrons. The van der Waals surface area contributed by atoms with Gasteiger partial charge in [-0.2, -0.15) is 0 Å². The predicted molar refractivity (Wildman–Crippen MR) is 207 cm³/mol. The van der Waals surface area contributed by atoms with Crippen molar-refractivity contribution in [1.29, 1.82) is 0 Å². The van der Waals surface area contributed by atoms with Gasteiger partial charge in [-0.25, -0.2) is 4.79 Å². The van der Waals surface area contributed by atoms with Crippen molar-refractivity contribution in [2.45, 2.75) is 58.2 Å². The van der Waals surface area contributed by atoms with E-state index in [2.05, 4.69) is 31.9 Å². The molecule has 0 saturated carbocycles. The number of aliphatic hydroxyl groups excluding tert-OH is 1. The number of amides is 9. The van der Waals surface area contributed by atoms with Gasteiger partial charge in [0, 0.05) is 69.2 Å². The molecular weight excluding hydrogens is 764 g/mol. The van der Waals surface area contributed by atoms with Crippen molar-refractivity contribution < 1.29 is 62.4 Å². The van der Waals surface area contributed by atoms with E-state index in [1.807, 2.05) is 0 Å². The number of ether oxygens (including phenoxy) is 4. The van der Waals surface area contributed by atoms with Gasteiger partial charge in [-0.15, -0.1) is 0 Å². The Labute approximate surface area is 336 Å². The molecule has 0 spiro atoms. The van der Waals surface area contributed by atoms with E-state index in [0.29, 0.717) is 25.2 Å². The molecule has 1 aliphatic heterocycles.